The number of hydrogen-bond donors (Lipinski definition) is 1. The lowest BCUT2D eigenvalue weighted by molar-refractivity contribution is -0.117. The van der Waals surface area contributed by atoms with Crippen LogP contribution in [0.5, 0.6) is 11.5 Å². The van der Waals surface area contributed by atoms with E-state index >= 15 is 0 Å². The van der Waals surface area contributed by atoms with Crippen LogP contribution in [0.2, 0.25) is 0 Å². The van der Waals surface area contributed by atoms with Gasteiger partial charge in [-0.1, -0.05) is 18.2 Å². The van der Waals surface area contributed by atoms with Gasteiger partial charge in [0.2, 0.25) is 5.91 Å². The van der Waals surface area contributed by atoms with Crippen molar-refractivity contribution in [3.8, 4) is 11.5 Å². The van der Waals surface area contributed by atoms with Gasteiger partial charge in [0.25, 0.3) is 0 Å². The summed E-state index contributed by atoms with van der Waals surface area (Å²) in [5, 5.41) is 2.67. The summed E-state index contributed by atoms with van der Waals surface area (Å²) >= 11 is 0. The number of nitrogens with zero attached hydrogens (tertiary/aromatic N) is 1. The van der Waals surface area contributed by atoms with Gasteiger partial charge in [-0.2, -0.15) is 0 Å². The third-order valence-corrected chi connectivity index (χ3v) is 3.74. The summed E-state index contributed by atoms with van der Waals surface area (Å²) in [6, 6.07) is 13.9. The van der Waals surface area contributed by atoms with Crippen LogP contribution in [-0.2, 0) is 4.79 Å². The highest BCUT2D eigenvalue weighted by atomic mass is 16.6. The van der Waals surface area contributed by atoms with Crippen LogP contribution in [0.1, 0.15) is 12.8 Å². The molecule has 1 N–H and O–H groups in total. The van der Waals surface area contributed by atoms with E-state index < -0.39 is 6.09 Å². The van der Waals surface area contributed by atoms with Crippen LogP contribution in [0.3, 0.4) is 0 Å². The molecule has 1 aliphatic heterocycles. The molecule has 0 aliphatic carbocycles. The van der Waals surface area contributed by atoms with Gasteiger partial charge in [-0.3, -0.25) is 10.1 Å². The maximum Gasteiger partial charge on any atom is 0.417 e. The van der Waals surface area contributed by atoms with Gasteiger partial charge < -0.3 is 14.4 Å². The molecule has 6 heteroatoms. The molecule has 3 rings (SSSR count). The largest absolute Gasteiger partial charge is 0.495 e. The third-order valence-electron chi connectivity index (χ3n) is 3.74. The van der Waals surface area contributed by atoms with Gasteiger partial charge in [0.15, 0.2) is 0 Å². The summed E-state index contributed by atoms with van der Waals surface area (Å²) in [5.74, 6) is 1.10. The van der Waals surface area contributed by atoms with E-state index in [2.05, 4.69) is 5.32 Å². The van der Waals surface area contributed by atoms with E-state index in [4.69, 9.17) is 9.47 Å². The Balaban J connectivity index is 1.76. The highest BCUT2D eigenvalue weighted by Crippen LogP contribution is 2.34. The van der Waals surface area contributed by atoms with Crippen molar-refractivity contribution in [3.63, 3.8) is 0 Å². The molecular formula is C18H18N2O4. The van der Waals surface area contributed by atoms with Crippen molar-refractivity contribution in [1.82, 2.24) is 0 Å². The van der Waals surface area contributed by atoms with Gasteiger partial charge in [-0.15, -0.1) is 0 Å². The summed E-state index contributed by atoms with van der Waals surface area (Å²) in [6.45, 7) is 0.646. The molecule has 1 aliphatic rings. The van der Waals surface area contributed by atoms with Gasteiger partial charge in [-0.05, 0) is 36.8 Å². The third kappa shape index (κ3) is 3.48. The number of rotatable bonds is 4. The van der Waals surface area contributed by atoms with Gasteiger partial charge in [0, 0.05) is 18.7 Å². The monoisotopic (exact) mass is 326 g/mol. The van der Waals surface area contributed by atoms with Crippen LogP contribution < -0.4 is 19.7 Å². The van der Waals surface area contributed by atoms with Gasteiger partial charge in [-0.25, -0.2) is 4.79 Å². The molecule has 1 heterocycles. The maximum absolute atomic E-state index is 12.0. The second-order valence-electron chi connectivity index (χ2n) is 5.36. The Hall–Kier alpha value is -3.02. The molecule has 0 atom stereocenters. The normalized spacial score (nSPS) is 13.7. The molecule has 0 unspecified atom stereocenters. The SMILES string of the molecule is COc1ccc(NC(=O)Oc2ccccc2)cc1N1CCCC1=O. The van der Waals surface area contributed by atoms with E-state index in [1.807, 2.05) is 6.07 Å². The molecule has 1 fully saturated rings. The highest BCUT2D eigenvalue weighted by Gasteiger charge is 2.25. The zero-order valence-corrected chi connectivity index (χ0v) is 13.3. The van der Waals surface area contributed by atoms with E-state index in [9.17, 15) is 9.59 Å². The lowest BCUT2D eigenvalue weighted by atomic mass is 10.2. The van der Waals surface area contributed by atoms with Crippen molar-refractivity contribution in [3.05, 3.63) is 48.5 Å². The lowest BCUT2D eigenvalue weighted by Crippen LogP contribution is -2.24. The van der Waals surface area contributed by atoms with Crippen molar-refractivity contribution in [2.75, 3.05) is 23.9 Å². The number of carbonyl (C=O) groups excluding carboxylic acids is 2. The van der Waals surface area contributed by atoms with Gasteiger partial charge in [0.05, 0.1) is 12.8 Å². The summed E-state index contributed by atoms with van der Waals surface area (Å²) in [7, 11) is 1.55. The van der Waals surface area contributed by atoms with E-state index in [-0.39, 0.29) is 5.91 Å². The Labute approximate surface area is 140 Å². The second-order valence-corrected chi connectivity index (χ2v) is 5.36. The van der Waals surface area contributed by atoms with Crippen molar-refractivity contribution in [1.29, 1.82) is 0 Å². The zero-order valence-electron chi connectivity index (χ0n) is 13.3. The zero-order chi connectivity index (χ0) is 16.9. The fourth-order valence-corrected chi connectivity index (χ4v) is 2.62. The van der Waals surface area contributed by atoms with Crippen molar-refractivity contribution < 1.29 is 19.1 Å². The van der Waals surface area contributed by atoms with Crippen LogP contribution in [0.4, 0.5) is 16.2 Å². The van der Waals surface area contributed by atoms with Crippen molar-refractivity contribution in [2.45, 2.75) is 12.8 Å². The van der Waals surface area contributed by atoms with E-state index in [1.165, 1.54) is 0 Å². The number of hydrogen-bond acceptors (Lipinski definition) is 4. The molecule has 2 aromatic carbocycles. The standard InChI is InChI=1S/C18H18N2O4/c1-23-16-10-9-13(12-15(16)20-11-5-8-17(20)21)19-18(22)24-14-6-3-2-4-7-14/h2-4,6-7,9-10,12H,5,8,11H2,1H3,(H,19,22). The lowest BCUT2D eigenvalue weighted by Gasteiger charge is -2.20. The van der Waals surface area contributed by atoms with E-state index in [1.54, 1.807) is 54.5 Å². The number of carbonyl (C=O) groups is 2. The Kier molecular flexibility index (Phi) is 4.65. The number of nitrogens with one attached hydrogen (secondary N) is 1. The highest BCUT2D eigenvalue weighted by molar-refractivity contribution is 5.98. The molecule has 0 aromatic heterocycles. The predicted octanol–water partition coefficient (Wildman–Crippen LogP) is 3.43. The molecule has 2 amide bonds. The van der Waals surface area contributed by atoms with Crippen molar-refractivity contribution in [2.24, 2.45) is 0 Å². The quantitative estimate of drug-likeness (QED) is 0.934. The Morgan fingerprint density at radius 3 is 2.62 bits per heavy atom. The van der Waals surface area contributed by atoms with Crippen LogP contribution in [0.25, 0.3) is 0 Å². The fourth-order valence-electron chi connectivity index (χ4n) is 2.62. The Bertz CT molecular complexity index is 746. The van der Waals surface area contributed by atoms with Crippen LogP contribution in [-0.4, -0.2) is 25.7 Å². The molecule has 0 spiro atoms. The second kappa shape index (κ2) is 7.04. The number of benzene rings is 2. The molecule has 0 radical (unpaired) electrons. The molecule has 6 nitrogen and oxygen atoms in total. The first-order valence-corrected chi connectivity index (χ1v) is 7.69. The summed E-state index contributed by atoms with van der Waals surface area (Å²) in [4.78, 5) is 25.6. The molecule has 24 heavy (non-hydrogen) atoms. The molecule has 0 bridgehead atoms. The molecule has 0 saturated carbocycles. The van der Waals surface area contributed by atoms with Crippen LogP contribution in [0.15, 0.2) is 48.5 Å². The average molecular weight is 326 g/mol. The van der Waals surface area contributed by atoms with Gasteiger partial charge in [0.1, 0.15) is 11.5 Å². The first-order valence-electron chi connectivity index (χ1n) is 7.69. The summed E-state index contributed by atoms with van der Waals surface area (Å²) < 4.78 is 10.5. The first kappa shape index (κ1) is 15.9. The summed E-state index contributed by atoms with van der Waals surface area (Å²) in [6.07, 6.45) is 0.747. The Morgan fingerprint density at radius 2 is 1.96 bits per heavy atom. The molecule has 124 valence electrons. The van der Waals surface area contributed by atoms with E-state index in [0.29, 0.717) is 35.8 Å². The number of anilines is 2. The first-order chi connectivity index (χ1) is 11.7. The maximum atomic E-state index is 12.0. The Morgan fingerprint density at radius 1 is 1.17 bits per heavy atom. The molecule has 2 aromatic rings. The van der Waals surface area contributed by atoms with Gasteiger partial charge >= 0.3 is 6.09 Å². The van der Waals surface area contributed by atoms with Crippen LogP contribution in [0, 0.1) is 0 Å². The minimum Gasteiger partial charge on any atom is -0.495 e. The summed E-state index contributed by atoms with van der Waals surface area (Å²) in [5.41, 5.74) is 1.18. The van der Waals surface area contributed by atoms with E-state index in [0.717, 1.165) is 6.42 Å². The predicted molar refractivity (Wildman–Crippen MR) is 90.7 cm³/mol. The minimum atomic E-state index is -0.593. The molecule has 1 saturated heterocycles. The smallest absolute Gasteiger partial charge is 0.417 e. The van der Waals surface area contributed by atoms with Crippen molar-refractivity contribution >= 4 is 23.4 Å². The molecular weight excluding hydrogens is 308 g/mol. The fraction of sp³-hybridized carbons (Fsp3) is 0.222. The topological polar surface area (TPSA) is 67.9 Å². The number of para-hydroxylation sites is 1. The number of methoxy groups -OCH3 is 1. The number of amides is 2. The number of ether oxygens (including phenoxy) is 2. The average Bonchev–Trinajstić information content (AvgIpc) is 3.01. The van der Waals surface area contributed by atoms with Crippen LogP contribution >= 0.6 is 0 Å². The minimum absolute atomic E-state index is 0.0531.